The predicted octanol–water partition coefficient (Wildman–Crippen LogP) is 5.35. The maximum Gasteiger partial charge on any atom is 0.394 e. The quantitative estimate of drug-likeness (QED) is 0.566. The molecule has 11 heteroatoms. The number of rotatable bonds is 5. The Labute approximate surface area is 191 Å². The number of anilines is 2. The zero-order valence-corrected chi connectivity index (χ0v) is 18.6. The monoisotopic (exact) mass is 490 g/mol. The number of carbonyl (C=O) groups is 2. The van der Waals surface area contributed by atoms with Crippen molar-refractivity contribution in [3.8, 4) is 5.75 Å². The molecule has 2 amide bonds. The number of ether oxygens (including phenoxy) is 1. The summed E-state index contributed by atoms with van der Waals surface area (Å²) in [5.41, 5.74) is -2.10. The molecule has 5 aliphatic rings. The molecule has 1 N–H and O–H groups in total. The van der Waals surface area contributed by atoms with Crippen molar-refractivity contribution in [1.29, 1.82) is 0 Å². The van der Waals surface area contributed by atoms with Gasteiger partial charge in [0.1, 0.15) is 0 Å². The Morgan fingerprint density at radius 3 is 2.41 bits per heavy atom. The molecule has 186 valence electrons. The lowest BCUT2D eigenvalue weighted by Crippen LogP contribution is -2.71. The predicted molar refractivity (Wildman–Crippen MR) is 109 cm³/mol. The van der Waals surface area contributed by atoms with Crippen molar-refractivity contribution in [2.24, 2.45) is 16.7 Å². The van der Waals surface area contributed by atoms with Gasteiger partial charge in [0.2, 0.25) is 11.8 Å². The number of amides is 2. The summed E-state index contributed by atoms with van der Waals surface area (Å²) in [6.07, 6.45) is -6.47. The first kappa shape index (κ1) is 23.3. The Kier molecular flexibility index (Phi) is 4.82. The van der Waals surface area contributed by atoms with Crippen molar-refractivity contribution in [3.05, 3.63) is 17.4 Å². The number of fused-ring (bicyclic) bond motifs is 1. The molecule has 1 aromatic rings. The number of halogens is 6. The molecule has 5 nitrogen and oxygen atoms in total. The molecular formula is C23H24F6N2O3. The number of carbonyl (C=O) groups excluding carboxylic acids is 2. The molecule has 1 unspecified atom stereocenters. The molecule has 4 fully saturated rings. The summed E-state index contributed by atoms with van der Waals surface area (Å²) in [6.45, 7) is 2.97. The van der Waals surface area contributed by atoms with Crippen LogP contribution in [0.4, 0.5) is 37.7 Å². The van der Waals surface area contributed by atoms with Gasteiger partial charge in [-0.15, -0.1) is 0 Å². The Morgan fingerprint density at radius 2 is 1.85 bits per heavy atom. The maximum absolute atomic E-state index is 15.4. The minimum Gasteiger partial charge on any atom is -0.476 e. The fraction of sp³-hybridized carbons (Fsp3) is 0.652. The average Bonchev–Trinajstić information content (AvgIpc) is 2.61. The Bertz CT molecular complexity index is 1060. The third-order valence-corrected chi connectivity index (χ3v) is 7.75. The van der Waals surface area contributed by atoms with Crippen LogP contribution in [0.2, 0.25) is 0 Å². The minimum atomic E-state index is -4.28. The number of hydrogen-bond acceptors (Lipinski definition) is 3. The van der Waals surface area contributed by atoms with E-state index in [1.165, 1.54) is 24.8 Å². The summed E-state index contributed by atoms with van der Waals surface area (Å²) in [6, 6.07) is 1.46. The van der Waals surface area contributed by atoms with Gasteiger partial charge in [-0.1, -0.05) is 0 Å². The van der Waals surface area contributed by atoms with Crippen LogP contribution in [-0.4, -0.2) is 36.6 Å². The van der Waals surface area contributed by atoms with Gasteiger partial charge in [0, 0.05) is 25.8 Å². The number of nitrogens with one attached hydrogen (secondary N) is 1. The fourth-order valence-corrected chi connectivity index (χ4v) is 6.12. The van der Waals surface area contributed by atoms with Crippen LogP contribution < -0.4 is 15.0 Å². The third-order valence-electron chi connectivity index (χ3n) is 7.75. The maximum atomic E-state index is 15.4. The molecule has 1 atom stereocenters. The molecule has 4 saturated carbocycles. The first-order valence-electron chi connectivity index (χ1n) is 11.2. The second-order valence-electron chi connectivity index (χ2n) is 10.6. The zero-order chi connectivity index (χ0) is 24.8. The highest BCUT2D eigenvalue weighted by molar-refractivity contribution is 6.01. The van der Waals surface area contributed by atoms with Gasteiger partial charge in [0.15, 0.2) is 17.7 Å². The Hall–Kier alpha value is -2.46. The van der Waals surface area contributed by atoms with E-state index in [2.05, 4.69) is 5.32 Å². The summed E-state index contributed by atoms with van der Waals surface area (Å²) in [4.78, 5) is 26.4. The van der Waals surface area contributed by atoms with Crippen molar-refractivity contribution in [2.75, 3.05) is 16.8 Å². The summed E-state index contributed by atoms with van der Waals surface area (Å²) in [7, 11) is 0. The van der Waals surface area contributed by atoms with Gasteiger partial charge in [0.25, 0.3) is 5.91 Å². The van der Waals surface area contributed by atoms with Crippen molar-refractivity contribution in [2.45, 2.75) is 70.6 Å². The van der Waals surface area contributed by atoms with Gasteiger partial charge in [-0.05, 0) is 56.1 Å². The average molecular weight is 490 g/mol. The first-order chi connectivity index (χ1) is 15.6. The van der Waals surface area contributed by atoms with Crippen LogP contribution >= 0.6 is 0 Å². The van der Waals surface area contributed by atoms with Gasteiger partial charge in [-0.25, -0.2) is 13.2 Å². The van der Waals surface area contributed by atoms with E-state index in [1.54, 1.807) is 0 Å². The van der Waals surface area contributed by atoms with E-state index in [9.17, 15) is 31.5 Å². The van der Waals surface area contributed by atoms with Gasteiger partial charge >= 0.3 is 6.18 Å². The third kappa shape index (κ3) is 3.45. The lowest BCUT2D eigenvalue weighted by molar-refractivity contribution is -0.359. The topological polar surface area (TPSA) is 58.6 Å². The minimum absolute atomic E-state index is 0.0326. The lowest BCUT2D eigenvalue weighted by Gasteiger charge is -2.71. The molecule has 1 heterocycles. The summed E-state index contributed by atoms with van der Waals surface area (Å²) < 4.78 is 86.6. The van der Waals surface area contributed by atoms with E-state index < -0.39 is 52.6 Å². The van der Waals surface area contributed by atoms with Crippen molar-refractivity contribution in [1.82, 2.24) is 0 Å². The fourth-order valence-electron chi connectivity index (χ4n) is 6.12. The van der Waals surface area contributed by atoms with Crippen molar-refractivity contribution >= 4 is 23.2 Å². The highest BCUT2D eigenvalue weighted by atomic mass is 19.4. The largest absolute Gasteiger partial charge is 0.476 e. The number of hydrogen-bond donors (Lipinski definition) is 1. The zero-order valence-electron chi connectivity index (χ0n) is 18.6. The Balaban J connectivity index is 1.35. The van der Waals surface area contributed by atoms with Crippen LogP contribution in [-0.2, 0) is 9.59 Å². The lowest BCUT2D eigenvalue weighted by atomic mass is 9.34. The van der Waals surface area contributed by atoms with Gasteiger partial charge in [-0.3, -0.25) is 9.59 Å². The van der Waals surface area contributed by atoms with E-state index in [1.807, 2.05) is 0 Å². The molecule has 0 aromatic heterocycles. The highest BCUT2D eigenvalue weighted by Crippen LogP contribution is 2.78. The van der Waals surface area contributed by atoms with E-state index >= 15 is 4.39 Å². The molecule has 34 heavy (non-hydrogen) atoms. The highest BCUT2D eigenvalue weighted by Gasteiger charge is 2.78. The molecule has 1 aliphatic heterocycles. The SMILES string of the molecule is Cc1cc2c(c(F)c1NC(=O)CC1CC(F)(F)C1)OC(C)C(=O)N2CC12CC(C(F)(F)F)(C1)C2. The van der Waals surface area contributed by atoms with Crippen LogP contribution in [0, 0.1) is 29.5 Å². The smallest absolute Gasteiger partial charge is 0.394 e. The van der Waals surface area contributed by atoms with Crippen LogP contribution in [0.3, 0.4) is 0 Å². The molecule has 0 spiro atoms. The molecular weight excluding hydrogens is 466 g/mol. The van der Waals surface area contributed by atoms with E-state index in [0.29, 0.717) is 0 Å². The summed E-state index contributed by atoms with van der Waals surface area (Å²) >= 11 is 0. The molecule has 6 rings (SSSR count). The number of alkyl halides is 5. The Morgan fingerprint density at radius 1 is 1.24 bits per heavy atom. The van der Waals surface area contributed by atoms with Gasteiger partial charge < -0.3 is 15.0 Å². The second-order valence-corrected chi connectivity index (χ2v) is 10.6. The molecule has 4 aliphatic carbocycles. The normalized spacial score (nSPS) is 31.6. The summed E-state index contributed by atoms with van der Waals surface area (Å²) in [5.74, 6) is -5.49. The summed E-state index contributed by atoms with van der Waals surface area (Å²) in [5, 5.41) is 2.43. The van der Waals surface area contributed by atoms with E-state index in [4.69, 9.17) is 4.74 Å². The van der Waals surface area contributed by atoms with Crippen LogP contribution in [0.25, 0.3) is 0 Å². The second kappa shape index (κ2) is 7.04. The van der Waals surface area contributed by atoms with Crippen molar-refractivity contribution in [3.63, 3.8) is 0 Å². The van der Waals surface area contributed by atoms with Gasteiger partial charge in [0.05, 0.1) is 16.8 Å². The van der Waals surface area contributed by atoms with Crippen LogP contribution in [0.5, 0.6) is 5.75 Å². The number of aryl methyl sites for hydroxylation is 1. The van der Waals surface area contributed by atoms with Crippen LogP contribution in [0.1, 0.15) is 51.0 Å². The standard InChI is InChI=1S/C23H24F6N2O3/c1-11-3-14-18(16(24)17(11)30-15(32)4-13-5-22(25,26)6-13)34-12(2)19(33)31(14)10-20-7-21(8-20,9-20)23(27,28)29/h3,12-13H,4-10H2,1-2H3,(H,30,32). The first-order valence-corrected chi connectivity index (χ1v) is 11.2. The van der Waals surface area contributed by atoms with Crippen molar-refractivity contribution < 1.29 is 40.7 Å². The molecule has 0 radical (unpaired) electrons. The molecule has 0 saturated heterocycles. The molecule has 1 aromatic carbocycles. The number of benzene rings is 1. The number of nitrogens with zero attached hydrogens (tertiary/aromatic N) is 1. The van der Waals surface area contributed by atoms with Crippen LogP contribution in [0.15, 0.2) is 6.07 Å². The van der Waals surface area contributed by atoms with E-state index in [-0.39, 0.29) is 67.8 Å². The van der Waals surface area contributed by atoms with Gasteiger partial charge in [-0.2, -0.15) is 13.2 Å². The van der Waals surface area contributed by atoms with E-state index in [0.717, 1.165) is 0 Å². The molecule has 2 bridgehead atoms.